The van der Waals surface area contributed by atoms with Crippen molar-refractivity contribution in [2.24, 2.45) is 0 Å². The van der Waals surface area contributed by atoms with E-state index in [4.69, 9.17) is 10.5 Å². The van der Waals surface area contributed by atoms with Crippen LogP contribution in [-0.2, 0) is 4.74 Å². The molecule has 2 aromatic heterocycles. The summed E-state index contributed by atoms with van der Waals surface area (Å²) in [6.45, 7) is 4.12. The van der Waals surface area contributed by atoms with Crippen LogP contribution < -0.4 is 10.6 Å². The van der Waals surface area contributed by atoms with Crippen LogP contribution in [0.3, 0.4) is 0 Å². The van der Waals surface area contributed by atoms with E-state index in [9.17, 15) is 0 Å². The lowest BCUT2D eigenvalue weighted by Gasteiger charge is -2.33. The Kier molecular flexibility index (Phi) is 3.00. The second-order valence-corrected chi connectivity index (χ2v) is 4.36. The van der Waals surface area contributed by atoms with Crippen LogP contribution in [-0.4, -0.2) is 50.5 Å². The van der Waals surface area contributed by atoms with E-state index < -0.39 is 0 Å². The Morgan fingerprint density at radius 1 is 1.32 bits per heavy atom. The highest BCUT2D eigenvalue weighted by Crippen LogP contribution is 2.16. The molecule has 0 amide bonds. The van der Waals surface area contributed by atoms with Crippen LogP contribution in [0.2, 0.25) is 0 Å². The van der Waals surface area contributed by atoms with Crippen molar-refractivity contribution >= 4 is 11.9 Å². The van der Waals surface area contributed by atoms with Crippen molar-refractivity contribution in [2.75, 3.05) is 30.4 Å². The number of nitrogens with two attached hydrogens (primary N) is 1. The molecule has 8 nitrogen and oxygen atoms in total. The van der Waals surface area contributed by atoms with Crippen LogP contribution in [0.1, 0.15) is 6.92 Å². The number of anilines is 2. The summed E-state index contributed by atoms with van der Waals surface area (Å²) in [5, 5.41) is 4.10. The van der Waals surface area contributed by atoms with Gasteiger partial charge in [0.1, 0.15) is 0 Å². The Morgan fingerprint density at radius 3 is 2.89 bits per heavy atom. The summed E-state index contributed by atoms with van der Waals surface area (Å²) in [4.78, 5) is 14.8. The van der Waals surface area contributed by atoms with Crippen molar-refractivity contribution in [3.05, 3.63) is 18.5 Å². The van der Waals surface area contributed by atoms with Gasteiger partial charge in [-0.3, -0.25) is 0 Å². The Morgan fingerprint density at radius 2 is 2.16 bits per heavy atom. The van der Waals surface area contributed by atoms with Crippen LogP contribution in [0.5, 0.6) is 0 Å². The molecule has 0 bridgehead atoms. The SMILES string of the molecule is CC1COCCN1c1nc(N)nc(-n2cccn2)n1. The highest BCUT2D eigenvalue weighted by Gasteiger charge is 2.22. The van der Waals surface area contributed by atoms with E-state index in [0.717, 1.165) is 6.54 Å². The molecule has 3 rings (SSSR count). The maximum absolute atomic E-state index is 5.76. The third-order valence-electron chi connectivity index (χ3n) is 2.96. The molecule has 0 aliphatic carbocycles. The molecule has 0 spiro atoms. The first kappa shape index (κ1) is 11.8. The van der Waals surface area contributed by atoms with Gasteiger partial charge in [0, 0.05) is 18.9 Å². The molecule has 2 N–H and O–H groups in total. The number of nitrogen functional groups attached to an aromatic ring is 1. The third kappa shape index (κ3) is 2.34. The molecule has 1 saturated heterocycles. The Hall–Kier alpha value is -2.22. The number of ether oxygens (including phenoxy) is 1. The van der Waals surface area contributed by atoms with Gasteiger partial charge in [-0.15, -0.1) is 0 Å². The Bertz CT molecular complexity index is 556. The normalized spacial score (nSPS) is 19.6. The van der Waals surface area contributed by atoms with Crippen LogP contribution >= 0.6 is 0 Å². The summed E-state index contributed by atoms with van der Waals surface area (Å²) >= 11 is 0. The highest BCUT2D eigenvalue weighted by molar-refractivity contribution is 5.39. The minimum Gasteiger partial charge on any atom is -0.377 e. The van der Waals surface area contributed by atoms with Crippen LogP contribution in [0.4, 0.5) is 11.9 Å². The van der Waals surface area contributed by atoms with E-state index in [1.165, 1.54) is 0 Å². The zero-order valence-corrected chi connectivity index (χ0v) is 10.6. The van der Waals surface area contributed by atoms with Crippen molar-refractivity contribution in [3.63, 3.8) is 0 Å². The summed E-state index contributed by atoms with van der Waals surface area (Å²) in [5.41, 5.74) is 5.76. The Balaban J connectivity index is 1.97. The van der Waals surface area contributed by atoms with Gasteiger partial charge in [-0.1, -0.05) is 0 Å². The molecule has 0 aromatic carbocycles. The molecule has 0 saturated carbocycles. The van der Waals surface area contributed by atoms with Gasteiger partial charge in [-0.2, -0.15) is 20.1 Å². The van der Waals surface area contributed by atoms with E-state index in [-0.39, 0.29) is 12.0 Å². The number of morpholine rings is 1. The summed E-state index contributed by atoms with van der Waals surface area (Å²) in [6, 6.07) is 2.01. The third-order valence-corrected chi connectivity index (χ3v) is 2.96. The topological polar surface area (TPSA) is 95.0 Å². The van der Waals surface area contributed by atoms with Crippen LogP contribution in [0.25, 0.3) is 5.95 Å². The van der Waals surface area contributed by atoms with E-state index in [1.807, 2.05) is 0 Å². The van der Waals surface area contributed by atoms with Gasteiger partial charge in [0.15, 0.2) is 0 Å². The van der Waals surface area contributed by atoms with Crippen molar-refractivity contribution in [2.45, 2.75) is 13.0 Å². The number of hydrogen-bond donors (Lipinski definition) is 1. The maximum atomic E-state index is 5.76. The molecule has 1 fully saturated rings. The molecular weight excluding hydrogens is 246 g/mol. The average molecular weight is 261 g/mol. The lowest BCUT2D eigenvalue weighted by atomic mass is 10.3. The molecule has 2 aromatic rings. The van der Waals surface area contributed by atoms with E-state index in [1.54, 1.807) is 23.1 Å². The average Bonchev–Trinajstić information content (AvgIpc) is 2.92. The summed E-state index contributed by atoms with van der Waals surface area (Å²) in [7, 11) is 0. The zero-order chi connectivity index (χ0) is 13.2. The molecular formula is C11H15N7O. The quantitative estimate of drug-likeness (QED) is 0.804. The second kappa shape index (κ2) is 4.81. The lowest BCUT2D eigenvalue weighted by Crippen LogP contribution is -2.44. The minimum atomic E-state index is 0.189. The van der Waals surface area contributed by atoms with Crippen molar-refractivity contribution in [3.8, 4) is 5.95 Å². The van der Waals surface area contributed by atoms with Crippen molar-refractivity contribution in [1.82, 2.24) is 24.7 Å². The van der Waals surface area contributed by atoms with Gasteiger partial charge < -0.3 is 15.4 Å². The molecule has 3 heterocycles. The summed E-state index contributed by atoms with van der Waals surface area (Å²) in [5.74, 6) is 1.18. The van der Waals surface area contributed by atoms with Gasteiger partial charge in [0.25, 0.3) is 5.95 Å². The molecule has 100 valence electrons. The van der Waals surface area contributed by atoms with Crippen LogP contribution in [0, 0.1) is 0 Å². The number of nitrogens with zero attached hydrogens (tertiary/aromatic N) is 6. The fraction of sp³-hybridized carbons (Fsp3) is 0.455. The number of hydrogen-bond acceptors (Lipinski definition) is 7. The lowest BCUT2D eigenvalue weighted by molar-refractivity contribution is 0.0980. The molecule has 0 radical (unpaired) electrons. The first-order valence-corrected chi connectivity index (χ1v) is 6.10. The molecule has 1 aliphatic heterocycles. The fourth-order valence-corrected chi connectivity index (χ4v) is 2.01. The first-order valence-electron chi connectivity index (χ1n) is 6.10. The van der Waals surface area contributed by atoms with Gasteiger partial charge >= 0.3 is 0 Å². The van der Waals surface area contributed by atoms with Crippen LogP contribution in [0.15, 0.2) is 18.5 Å². The fourth-order valence-electron chi connectivity index (χ4n) is 2.01. The van der Waals surface area contributed by atoms with E-state index in [0.29, 0.717) is 25.1 Å². The van der Waals surface area contributed by atoms with E-state index >= 15 is 0 Å². The van der Waals surface area contributed by atoms with Gasteiger partial charge in [-0.05, 0) is 13.0 Å². The van der Waals surface area contributed by atoms with E-state index in [2.05, 4.69) is 31.9 Å². The molecule has 19 heavy (non-hydrogen) atoms. The predicted octanol–water partition coefficient (Wildman–Crippen LogP) is -0.135. The van der Waals surface area contributed by atoms with Crippen molar-refractivity contribution in [1.29, 1.82) is 0 Å². The number of aromatic nitrogens is 5. The first-order chi connectivity index (χ1) is 9.24. The zero-order valence-electron chi connectivity index (χ0n) is 10.6. The largest absolute Gasteiger partial charge is 0.377 e. The molecule has 1 unspecified atom stereocenters. The maximum Gasteiger partial charge on any atom is 0.257 e. The summed E-state index contributed by atoms with van der Waals surface area (Å²) in [6.07, 6.45) is 3.43. The highest BCUT2D eigenvalue weighted by atomic mass is 16.5. The molecule has 8 heteroatoms. The van der Waals surface area contributed by atoms with Gasteiger partial charge in [-0.25, -0.2) is 4.68 Å². The molecule has 1 atom stereocenters. The number of rotatable bonds is 2. The van der Waals surface area contributed by atoms with Gasteiger partial charge in [0.2, 0.25) is 11.9 Å². The monoisotopic (exact) mass is 261 g/mol. The summed E-state index contributed by atoms with van der Waals surface area (Å²) < 4.78 is 6.97. The van der Waals surface area contributed by atoms with Gasteiger partial charge in [0.05, 0.1) is 19.3 Å². The smallest absolute Gasteiger partial charge is 0.257 e. The molecule has 1 aliphatic rings. The second-order valence-electron chi connectivity index (χ2n) is 4.36. The Labute approximate surface area is 110 Å². The predicted molar refractivity (Wildman–Crippen MR) is 69.0 cm³/mol. The standard InChI is InChI=1S/C11H15N7O/c1-8-7-19-6-5-17(8)10-14-9(12)15-11(16-10)18-4-2-3-13-18/h2-4,8H,5-7H2,1H3,(H2,12,14,15,16). The van der Waals surface area contributed by atoms with Crippen molar-refractivity contribution < 1.29 is 4.74 Å². The minimum absolute atomic E-state index is 0.189.